The van der Waals surface area contributed by atoms with Crippen LogP contribution >= 0.6 is 0 Å². The van der Waals surface area contributed by atoms with E-state index in [0.29, 0.717) is 11.7 Å². The summed E-state index contributed by atoms with van der Waals surface area (Å²) in [5.74, 6) is 1.12. The van der Waals surface area contributed by atoms with Crippen molar-refractivity contribution in [1.29, 1.82) is 0 Å². The molecule has 2 bridgehead atoms. The van der Waals surface area contributed by atoms with Crippen molar-refractivity contribution in [3.8, 4) is 0 Å². The van der Waals surface area contributed by atoms with Gasteiger partial charge >= 0.3 is 0 Å². The molecule has 0 saturated heterocycles. The highest BCUT2D eigenvalue weighted by Crippen LogP contribution is 2.64. The van der Waals surface area contributed by atoms with Crippen molar-refractivity contribution in [2.24, 2.45) is 11.3 Å². The van der Waals surface area contributed by atoms with Crippen LogP contribution in [0.3, 0.4) is 0 Å². The number of nitro groups is 1. The van der Waals surface area contributed by atoms with Crippen LogP contribution in [0.2, 0.25) is 0 Å². The zero-order chi connectivity index (χ0) is 19.6. The van der Waals surface area contributed by atoms with E-state index in [1.165, 1.54) is 24.1 Å². The zero-order valence-electron chi connectivity index (χ0n) is 15.9. The van der Waals surface area contributed by atoms with Gasteiger partial charge in [0, 0.05) is 29.4 Å². The molecular formula is C24H25NO3. The maximum atomic E-state index is 12.8. The molecular weight excluding hydrogens is 350 g/mol. The van der Waals surface area contributed by atoms with Crippen LogP contribution in [-0.2, 0) is 4.79 Å². The number of allylic oxidation sites excluding steroid dienone is 1. The van der Waals surface area contributed by atoms with Crippen LogP contribution < -0.4 is 0 Å². The molecule has 2 aliphatic rings. The summed E-state index contributed by atoms with van der Waals surface area (Å²) in [7, 11) is 0. The number of non-ortho nitro benzene ring substituents is 1. The van der Waals surface area contributed by atoms with Gasteiger partial charge < -0.3 is 0 Å². The minimum atomic E-state index is -0.386. The maximum Gasteiger partial charge on any atom is 0.269 e. The van der Waals surface area contributed by atoms with Gasteiger partial charge in [0.25, 0.3) is 5.69 Å². The van der Waals surface area contributed by atoms with Gasteiger partial charge in [-0.05, 0) is 55.4 Å². The van der Waals surface area contributed by atoms with Crippen LogP contribution in [-0.4, -0.2) is 10.7 Å². The Labute approximate surface area is 165 Å². The second kappa shape index (κ2) is 7.70. The van der Waals surface area contributed by atoms with Gasteiger partial charge in [-0.3, -0.25) is 14.9 Å². The van der Waals surface area contributed by atoms with Crippen molar-refractivity contribution in [2.75, 3.05) is 0 Å². The second-order valence-corrected chi connectivity index (χ2v) is 8.05. The molecule has 0 heterocycles. The lowest BCUT2D eigenvalue weighted by Gasteiger charge is -2.58. The number of fused-ring (bicyclic) bond motifs is 2. The Morgan fingerprint density at radius 1 is 1.11 bits per heavy atom. The fourth-order valence-corrected chi connectivity index (χ4v) is 5.25. The third kappa shape index (κ3) is 3.28. The average Bonchev–Trinajstić information content (AvgIpc) is 2.73. The Kier molecular flexibility index (Phi) is 5.12. The normalized spacial score (nSPS) is 26.2. The van der Waals surface area contributed by atoms with E-state index in [9.17, 15) is 14.9 Å². The highest BCUT2D eigenvalue weighted by atomic mass is 16.6. The molecule has 0 aromatic heterocycles. The first-order valence-electron chi connectivity index (χ1n) is 10.1. The predicted molar refractivity (Wildman–Crippen MR) is 110 cm³/mol. The molecule has 4 heteroatoms. The molecule has 0 unspecified atom stereocenters. The average molecular weight is 375 g/mol. The van der Waals surface area contributed by atoms with Crippen molar-refractivity contribution in [3.05, 3.63) is 81.9 Å². The number of ketones is 1. The Hall–Kier alpha value is -2.75. The summed E-state index contributed by atoms with van der Waals surface area (Å²) in [6, 6.07) is 17.1. The number of rotatable bonds is 7. The largest absolute Gasteiger partial charge is 0.299 e. The number of carbonyl (C=O) groups is 1. The highest BCUT2D eigenvalue weighted by Gasteiger charge is 2.62. The minimum Gasteiger partial charge on any atom is -0.299 e. The van der Waals surface area contributed by atoms with Crippen molar-refractivity contribution in [2.45, 2.75) is 44.4 Å². The first-order chi connectivity index (χ1) is 13.6. The first-order valence-corrected chi connectivity index (χ1v) is 10.1. The number of nitrogens with zero attached hydrogens (tertiary/aromatic N) is 1. The van der Waals surface area contributed by atoms with Gasteiger partial charge in [-0.1, -0.05) is 48.9 Å². The molecule has 4 nitrogen and oxygen atoms in total. The van der Waals surface area contributed by atoms with E-state index in [2.05, 4.69) is 30.3 Å². The molecule has 144 valence electrons. The molecule has 0 radical (unpaired) electrons. The summed E-state index contributed by atoms with van der Waals surface area (Å²) >= 11 is 0. The van der Waals surface area contributed by atoms with Crippen LogP contribution in [0.25, 0.3) is 6.08 Å². The standard InChI is InChI=1S/C24H25NO3/c26-23-21-11-7-17-24(23,22(21)19-9-4-1-5-10-19)16-6-2-3-8-18-12-14-20(15-13-18)25(27)28/h1,3-5,8-10,12-15,21-22H,2,6-7,11,16-17H2/b8-3+/t21-,22+,24+/m0/s1. The van der Waals surface area contributed by atoms with E-state index < -0.39 is 0 Å². The Morgan fingerprint density at radius 3 is 2.54 bits per heavy atom. The summed E-state index contributed by atoms with van der Waals surface area (Å²) in [6.45, 7) is 0. The van der Waals surface area contributed by atoms with E-state index in [-0.39, 0.29) is 21.9 Å². The lowest BCUT2D eigenvalue weighted by atomic mass is 9.43. The molecule has 3 atom stereocenters. The maximum absolute atomic E-state index is 12.8. The van der Waals surface area contributed by atoms with Crippen molar-refractivity contribution >= 4 is 17.5 Å². The Bertz CT molecular complexity index is 888. The van der Waals surface area contributed by atoms with Crippen LogP contribution in [0, 0.1) is 21.4 Å². The van der Waals surface area contributed by atoms with E-state index in [0.717, 1.165) is 37.7 Å². The Balaban J connectivity index is 1.37. The summed E-state index contributed by atoms with van der Waals surface area (Å²) < 4.78 is 0. The number of Topliss-reactive ketones (excluding diaryl/α,β-unsaturated/α-hetero) is 1. The van der Waals surface area contributed by atoms with Crippen molar-refractivity contribution in [1.82, 2.24) is 0 Å². The summed E-state index contributed by atoms with van der Waals surface area (Å²) in [4.78, 5) is 23.2. The molecule has 0 spiro atoms. The molecule has 2 fully saturated rings. The van der Waals surface area contributed by atoms with Gasteiger partial charge in [0.05, 0.1) is 4.92 Å². The number of unbranched alkanes of at least 4 members (excludes halogenated alkanes) is 1. The number of benzene rings is 2. The first kappa shape index (κ1) is 18.6. The molecule has 0 amide bonds. The van der Waals surface area contributed by atoms with Crippen LogP contribution in [0.1, 0.15) is 55.6 Å². The smallest absolute Gasteiger partial charge is 0.269 e. The predicted octanol–water partition coefficient (Wildman–Crippen LogP) is 5.93. The second-order valence-electron chi connectivity index (χ2n) is 8.05. The number of nitro benzene ring substituents is 1. The van der Waals surface area contributed by atoms with Gasteiger partial charge in [-0.25, -0.2) is 0 Å². The molecule has 28 heavy (non-hydrogen) atoms. The number of hydrogen-bond acceptors (Lipinski definition) is 3. The van der Waals surface area contributed by atoms with Crippen LogP contribution in [0.15, 0.2) is 60.7 Å². The van der Waals surface area contributed by atoms with Gasteiger partial charge in [0.15, 0.2) is 0 Å². The number of carbonyl (C=O) groups excluding carboxylic acids is 1. The third-order valence-electron chi connectivity index (χ3n) is 6.53. The van der Waals surface area contributed by atoms with Crippen LogP contribution in [0.4, 0.5) is 5.69 Å². The van der Waals surface area contributed by atoms with Gasteiger partial charge in [0.1, 0.15) is 5.78 Å². The molecule has 2 aromatic carbocycles. The van der Waals surface area contributed by atoms with Gasteiger partial charge in [0.2, 0.25) is 0 Å². The molecule has 2 aliphatic carbocycles. The Morgan fingerprint density at radius 2 is 1.86 bits per heavy atom. The quantitative estimate of drug-likeness (QED) is 0.342. The molecule has 2 saturated carbocycles. The highest BCUT2D eigenvalue weighted by molar-refractivity contribution is 5.96. The van der Waals surface area contributed by atoms with Crippen molar-refractivity contribution in [3.63, 3.8) is 0 Å². The van der Waals surface area contributed by atoms with Crippen LogP contribution in [0.5, 0.6) is 0 Å². The minimum absolute atomic E-state index is 0.110. The molecule has 0 N–H and O–H groups in total. The van der Waals surface area contributed by atoms with E-state index in [1.54, 1.807) is 12.1 Å². The number of hydrogen-bond donors (Lipinski definition) is 0. The van der Waals surface area contributed by atoms with Gasteiger partial charge in [-0.2, -0.15) is 0 Å². The fourth-order valence-electron chi connectivity index (χ4n) is 5.25. The lowest BCUT2D eigenvalue weighted by Crippen LogP contribution is -2.58. The summed E-state index contributed by atoms with van der Waals surface area (Å²) in [6.07, 6.45) is 10.2. The van der Waals surface area contributed by atoms with E-state index in [1.807, 2.05) is 12.1 Å². The summed E-state index contributed by atoms with van der Waals surface area (Å²) in [5, 5.41) is 10.7. The SMILES string of the molecule is O=C1[C@H]2CCC[C@]1(CCC/C=C/c1ccc([N+](=O)[O-])cc1)[C@@H]2c1ccccc1. The van der Waals surface area contributed by atoms with E-state index >= 15 is 0 Å². The molecule has 0 aliphatic heterocycles. The van der Waals surface area contributed by atoms with E-state index in [4.69, 9.17) is 0 Å². The topological polar surface area (TPSA) is 60.2 Å². The molecule has 4 rings (SSSR count). The zero-order valence-corrected chi connectivity index (χ0v) is 15.9. The fraction of sp³-hybridized carbons (Fsp3) is 0.375. The van der Waals surface area contributed by atoms with Crippen molar-refractivity contribution < 1.29 is 9.72 Å². The summed E-state index contributed by atoms with van der Waals surface area (Å²) in [5.41, 5.74) is 2.25. The molecule has 2 aromatic rings. The van der Waals surface area contributed by atoms with Gasteiger partial charge in [-0.15, -0.1) is 0 Å². The monoisotopic (exact) mass is 375 g/mol. The third-order valence-corrected chi connectivity index (χ3v) is 6.53. The lowest BCUT2D eigenvalue weighted by molar-refractivity contribution is -0.384.